The van der Waals surface area contributed by atoms with Crippen LogP contribution in [0.1, 0.15) is 13.3 Å². The van der Waals surface area contributed by atoms with E-state index in [2.05, 4.69) is 4.74 Å². The summed E-state index contributed by atoms with van der Waals surface area (Å²) in [6.07, 6.45) is -2.81. The van der Waals surface area contributed by atoms with E-state index in [-0.39, 0.29) is 0 Å². The van der Waals surface area contributed by atoms with Crippen molar-refractivity contribution in [1.29, 1.82) is 0 Å². The number of esters is 1. The van der Waals surface area contributed by atoms with Crippen molar-refractivity contribution < 1.29 is 22.7 Å². The van der Waals surface area contributed by atoms with E-state index in [1.807, 2.05) is 0 Å². The zero-order chi connectivity index (χ0) is 10.3. The van der Waals surface area contributed by atoms with Gasteiger partial charge in [-0.3, -0.25) is 4.79 Å². The van der Waals surface area contributed by atoms with Gasteiger partial charge >= 0.3 is 11.9 Å². The van der Waals surface area contributed by atoms with Gasteiger partial charge in [0.05, 0.1) is 5.88 Å². The van der Waals surface area contributed by atoms with Crippen LogP contribution in [0.4, 0.5) is 13.2 Å². The van der Waals surface area contributed by atoms with Crippen molar-refractivity contribution in [3.05, 3.63) is 0 Å². The molecule has 0 radical (unpaired) electrons. The number of halogens is 4. The number of hydrogen-bond acceptors (Lipinski definition) is 2. The summed E-state index contributed by atoms with van der Waals surface area (Å²) >= 11 is 5.23. The Balaban J connectivity index is 2.79. The van der Waals surface area contributed by atoms with E-state index in [9.17, 15) is 18.0 Å². The summed E-state index contributed by atoms with van der Waals surface area (Å²) in [4.78, 5) is 10.5. The second-order valence-electron chi connectivity index (χ2n) is 3.02. The van der Waals surface area contributed by atoms with Crippen LogP contribution in [0.2, 0.25) is 0 Å². The molecule has 6 heteroatoms. The van der Waals surface area contributed by atoms with E-state index in [0.717, 1.165) is 6.92 Å². The summed E-state index contributed by atoms with van der Waals surface area (Å²) in [5.74, 6) is -5.15. The molecule has 1 saturated carbocycles. The predicted octanol–water partition coefficient (Wildman–Crippen LogP) is 1.90. The number of rotatable bonds is 2. The van der Waals surface area contributed by atoms with Crippen molar-refractivity contribution in [2.24, 2.45) is 0 Å². The maximum Gasteiger partial charge on any atom is 0.318 e. The van der Waals surface area contributed by atoms with Gasteiger partial charge in [-0.2, -0.15) is 8.78 Å². The van der Waals surface area contributed by atoms with Crippen molar-refractivity contribution in [3.63, 3.8) is 0 Å². The second kappa shape index (κ2) is 3.04. The van der Waals surface area contributed by atoms with E-state index in [1.54, 1.807) is 0 Å². The minimum absolute atomic E-state index is 0.539. The van der Waals surface area contributed by atoms with Crippen molar-refractivity contribution in [3.8, 4) is 0 Å². The molecule has 2 nitrogen and oxygen atoms in total. The molecule has 1 aliphatic carbocycles. The molecule has 0 heterocycles. The van der Waals surface area contributed by atoms with Gasteiger partial charge in [0.15, 0.2) is 11.8 Å². The molecule has 1 fully saturated rings. The minimum atomic E-state index is -3.67. The van der Waals surface area contributed by atoms with Crippen LogP contribution >= 0.6 is 11.6 Å². The quantitative estimate of drug-likeness (QED) is 0.521. The molecule has 2 unspecified atom stereocenters. The zero-order valence-electron chi connectivity index (χ0n) is 6.82. The fourth-order valence-electron chi connectivity index (χ4n) is 1.26. The summed E-state index contributed by atoms with van der Waals surface area (Å²) in [5, 5.41) is 0. The Hall–Kier alpha value is -0.450. The number of hydrogen-bond donors (Lipinski definition) is 0. The van der Waals surface area contributed by atoms with E-state index in [4.69, 9.17) is 11.6 Å². The van der Waals surface area contributed by atoms with Crippen molar-refractivity contribution in [2.75, 3.05) is 5.88 Å². The Bertz CT molecular complexity index is 234. The molecule has 13 heavy (non-hydrogen) atoms. The van der Waals surface area contributed by atoms with Crippen LogP contribution in [0.25, 0.3) is 0 Å². The molecular formula is C7H8ClF3O2. The Morgan fingerprint density at radius 3 is 2.46 bits per heavy atom. The highest BCUT2D eigenvalue weighted by Gasteiger charge is 2.72. The minimum Gasteiger partial charge on any atom is -0.451 e. The third-order valence-corrected chi connectivity index (χ3v) is 2.50. The molecular weight excluding hydrogens is 209 g/mol. The lowest BCUT2D eigenvalue weighted by molar-refractivity contribution is -0.287. The van der Waals surface area contributed by atoms with Crippen LogP contribution in [-0.4, -0.2) is 29.5 Å². The SMILES string of the molecule is CC(=O)OC1(CCl)CC(F)C1(F)F. The average molecular weight is 217 g/mol. The summed E-state index contributed by atoms with van der Waals surface area (Å²) in [5.41, 5.74) is -2.14. The van der Waals surface area contributed by atoms with Gasteiger partial charge in [-0.1, -0.05) is 0 Å². The van der Waals surface area contributed by atoms with Crippen molar-refractivity contribution in [1.82, 2.24) is 0 Å². The summed E-state index contributed by atoms with van der Waals surface area (Å²) in [7, 11) is 0. The van der Waals surface area contributed by atoms with Gasteiger partial charge in [0, 0.05) is 13.3 Å². The van der Waals surface area contributed by atoms with Crippen LogP contribution in [0.3, 0.4) is 0 Å². The predicted molar refractivity (Wildman–Crippen MR) is 39.7 cm³/mol. The lowest BCUT2D eigenvalue weighted by atomic mass is 9.75. The van der Waals surface area contributed by atoms with Gasteiger partial charge < -0.3 is 4.74 Å². The van der Waals surface area contributed by atoms with E-state index in [1.165, 1.54) is 0 Å². The maximum atomic E-state index is 12.9. The summed E-state index contributed by atoms with van der Waals surface area (Å²) in [6.45, 7) is 0.982. The Kier molecular flexibility index (Phi) is 2.49. The molecule has 0 aromatic rings. The van der Waals surface area contributed by atoms with Crippen LogP contribution in [0.15, 0.2) is 0 Å². The molecule has 0 aliphatic heterocycles. The first-order valence-corrected chi connectivity index (χ1v) is 4.16. The topological polar surface area (TPSA) is 26.3 Å². The van der Waals surface area contributed by atoms with Gasteiger partial charge in [0.1, 0.15) is 0 Å². The Morgan fingerprint density at radius 2 is 2.23 bits per heavy atom. The lowest BCUT2D eigenvalue weighted by Gasteiger charge is -2.48. The van der Waals surface area contributed by atoms with E-state index >= 15 is 0 Å². The second-order valence-corrected chi connectivity index (χ2v) is 3.28. The van der Waals surface area contributed by atoms with Crippen molar-refractivity contribution in [2.45, 2.75) is 31.0 Å². The molecule has 0 amide bonds. The first-order chi connectivity index (χ1) is 5.85. The Morgan fingerprint density at radius 1 is 1.69 bits per heavy atom. The summed E-state index contributed by atoms with van der Waals surface area (Å²) in [6, 6.07) is 0. The first-order valence-electron chi connectivity index (χ1n) is 3.63. The molecule has 0 saturated heterocycles. The molecule has 1 aliphatic rings. The van der Waals surface area contributed by atoms with Gasteiger partial charge in [-0.25, -0.2) is 4.39 Å². The third-order valence-electron chi connectivity index (χ3n) is 2.06. The molecule has 76 valence electrons. The van der Waals surface area contributed by atoms with Crippen LogP contribution in [0.5, 0.6) is 0 Å². The highest BCUT2D eigenvalue weighted by atomic mass is 35.5. The standard InChI is InChI=1S/C7H8ClF3O2/c1-4(12)13-6(3-8)2-5(9)7(6,10)11/h5H,2-3H2,1H3. The van der Waals surface area contributed by atoms with Gasteiger partial charge in [-0.05, 0) is 0 Å². The van der Waals surface area contributed by atoms with E-state index in [0.29, 0.717) is 0 Å². The summed E-state index contributed by atoms with van der Waals surface area (Å²) < 4.78 is 42.5. The largest absolute Gasteiger partial charge is 0.451 e. The zero-order valence-corrected chi connectivity index (χ0v) is 7.58. The smallest absolute Gasteiger partial charge is 0.318 e. The third kappa shape index (κ3) is 1.39. The number of alkyl halides is 4. The van der Waals surface area contributed by atoms with Gasteiger partial charge in [0.25, 0.3) is 0 Å². The number of ether oxygens (including phenoxy) is 1. The normalized spacial score (nSPS) is 36.5. The van der Waals surface area contributed by atoms with Crippen LogP contribution in [-0.2, 0) is 9.53 Å². The van der Waals surface area contributed by atoms with Crippen LogP contribution < -0.4 is 0 Å². The van der Waals surface area contributed by atoms with Crippen molar-refractivity contribution >= 4 is 17.6 Å². The fraction of sp³-hybridized carbons (Fsp3) is 0.857. The maximum absolute atomic E-state index is 12.9. The average Bonchev–Trinajstić information content (AvgIpc) is 2.02. The molecule has 0 spiro atoms. The lowest BCUT2D eigenvalue weighted by Crippen LogP contribution is -2.68. The highest BCUT2D eigenvalue weighted by molar-refractivity contribution is 6.18. The number of carbonyl (C=O) groups excluding carboxylic acids is 1. The number of carbonyl (C=O) groups is 1. The monoisotopic (exact) mass is 216 g/mol. The molecule has 0 N–H and O–H groups in total. The highest BCUT2D eigenvalue weighted by Crippen LogP contribution is 2.52. The molecule has 0 aromatic carbocycles. The van der Waals surface area contributed by atoms with Crippen LogP contribution in [0, 0.1) is 0 Å². The molecule has 0 aromatic heterocycles. The Labute approximate surface area is 78.0 Å². The molecule has 2 atom stereocenters. The molecule has 0 bridgehead atoms. The fourth-order valence-corrected chi connectivity index (χ4v) is 1.61. The first kappa shape index (κ1) is 10.6. The van der Waals surface area contributed by atoms with E-state index < -0.39 is 36.0 Å². The van der Waals surface area contributed by atoms with Gasteiger partial charge in [-0.15, -0.1) is 11.6 Å². The van der Waals surface area contributed by atoms with Gasteiger partial charge in [0.2, 0.25) is 0 Å². The molecule has 1 rings (SSSR count).